The van der Waals surface area contributed by atoms with Crippen LogP contribution in [0.2, 0.25) is 0 Å². The average Bonchev–Trinajstić information content (AvgIpc) is 3.99. The first-order chi connectivity index (χ1) is 26.7. The van der Waals surface area contributed by atoms with Gasteiger partial charge in [-0.2, -0.15) is 0 Å². The summed E-state index contributed by atoms with van der Waals surface area (Å²) in [5.41, 5.74) is 5.16. The highest BCUT2D eigenvalue weighted by atomic mass is 32.3. The molecular weight excluding hydrogens is 733 g/mol. The van der Waals surface area contributed by atoms with Crippen LogP contribution in [0.1, 0.15) is 75.5 Å². The quantitative estimate of drug-likeness (QED) is 0.157. The Bertz CT molecular complexity index is 2150. The van der Waals surface area contributed by atoms with Crippen LogP contribution in [-0.2, 0) is 19.1 Å². The number of benzene rings is 2. The summed E-state index contributed by atoms with van der Waals surface area (Å²) in [6.07, 6.45) is 6.46. The Morgan fingerprint density at radius 2 is 1.45 bits per heavy atom. The van der Waals surface area contributed by atoms with Gasteiger partial charge in [-0.25, -0.2) is 29.6 Å². The number of hydrogen-bond donors (Lipinski definition) is 4. The smallest absolute Gasteiger partial charge is 0.407 e. The number of methoxy groups -OCH3 is 2. The molecule has 4 heterocycles. The summed E-state index contributed by atoms with van der Waals surface area (Å²) < 4.78 is 9.54. The normalized spacial score (nSPS) is 19.3. The Hall–Kier alpha value is -5.49. The number of nitrogens with one attached hydrogen (secondary N) is 4. The van der Waals surface area contributed by atoms with E-state index in [1.165, 1.54) is 14.2 Å². The predicted molar refractivity (Wildman–Crippen MR) is 217 cm³/mol. The molecule has 2 aromatic carbocycles. The number of amides is 4. The zero-order chi connectivity index (χ0) is 40.3. The monoisotopic (exact) mass is 784 g/mol. The summed E-state index contributed by atoms with van der Waals surface area (Å²) in [5, 5.41) is 5.41. The third-order valence-electron chi connectivity index (χ3n) is 10.4. The van der Waals surface area contributed by atoms with Gasteiger partial charge in [0.25, 0.3) is 0 Å². The number of aromatic amines is 2. The number of rotatable bonds is 9. The van der Waals surface area contributed by atoms with Crippen LogP contribution < -0.4 is 10.6 Å². The van der Waals surface area contributed by atoms with E-state index in [2.05, 4.69) is 49.9 Å². The summed E-state index contributed by atoms with van der Waals surface area (Å²) in [6.45, 7) is 8.18. The molecule has 0 spiro atoms. The molecule has 4 N–H and O–H groups in total. The second-order valence-corrected chi connectivity index (χ2v) is 19.8. The van der Waals surface area contributed by atoms with Crippen LogP contribution in [0.4, 0.5) is 9.59 Å². The SMILES string of the molecule is COC(=O)N[C@H](C(=O)N1CS(C)(C)C[C@H]1c1ncc(C#Cc2ccc(-c3ccc4[nH]c([C@@H]5CCCN5C(=O)[C@@H](NC(=O)OC)C(C)C)nc4c3)cc2)[nH]1)C(C)C. The van der Waals surface area contributed by atoms with E-state index in [-0.39, 0.29) is 35.7 Å². The lowest BCUT2D eigenvalue weighted by Crippen LogP contribution is -2.51. The summed E-state index contributed by atoms with van der Waals surface area (Å²) >= 11 is 0. The third kappa shape index (κ3) is 8.81. The second-order valence-electron chi connectivity index (χ2n) is 15.7. The fourth-order valence-corrected chi connectivity index (χ4v) is 9.73. The molecule has 56 heavy (non-hydrogen) atoms. The van der Waals surface area contributed by atoms with Crippen LogP contribution in [0, 0.1) is 23.7 Å². The first kappa shape index (κ1) is 40.2. The first-order valence-electron chi connectivity index (χ1n) is 18.8. The minimum atomic E-state index is -1.10. The Morgan fingerprint density at radius 3 is 2.07 bits per heavy atom. The van der Waals surface area contributed by atoms with Crippen molar-refractivity contribution in [2.24, 2.45) is 11.8 Å². The molecule has 4 amide bonds. The highest BCUT2D eigenvalue weighted by Gasteiger charge is 2.43. The van der Waals surface area contributed by atoms with Gasteiger partial charge < -0.3 is 39.9 Å². The van der Waals surface area contributed by atoms with Crippen molar-refractivity contribution in [2.75, 3.05) is 44.9 Å². The van der Waals surface area contributed by atoms with E-state index in [1.807, 2.05) is 80.0 Å². The lowest BCUT2D eigenvalue weighted by Gasteiger charge is -2.30. The van der Waals surface area contributed by atoms with E-state index in [0.29, 0.717) is 23.9 Å². The standard InChI is InChI=1S/C41H52N8O6S/c1-24(2)34(46-40(52)54-5)38(50)48-19-9-10-32(48)37-44-30-18-16-28(20-31(30)45-37)27-14-11-26(12-15-27)13-17-29-21-42-36(43-29)33-22-56(7,8)23-49(33)39(51)35(25(3)4)47-41(53)55-6/h11-12,14-16,18,20-21,24-25,32-35H,9-10,19,22-23H2,1-8H3,(H,42,43)(H,44,45)(H,46,52)(H,47,53)/t32-,33-,34-,35-/m0/s1. The van der Waals surface area contributed by atoms with E-state index < -0.39 is 34.3 Å². The van der Waals surface area contributed by atoms with Crippen LogP contribution >= 0.6 is 10.0 Å². The fourth-order valence-electron chi connectivity index (χ4n) is 7.37. The number of carbonyl (C=O) groups excluding carboxylic acids is 4. The highest BCUT2D eigenvalue weighted by Crippen LogP contribution is 2.52. The van der Waals surface area contributed by atoms with Crippen LogP contribution in [0.5, 0.6) is 0 Å². The predicted octanol–water partition coefficient (Wildman–Crippen LogP) is 5.68. The van der Waals surface area contributed by atoms with Crippen molar-refractivity contribution in [3.63, 3.8) is 0 Å². The van der Waals surface area contributed by atoms with Crippen molar-refractivity contribution >= 4 is 45.1 Å². The number of imidazole rings is 2. The van der Waals surface area contributed by atoms with Gasteiger partial charge in [0.05, 0.1) is 49.4 Å². The van der Waals surface area contributed by atoms with E-state index in [9.17, 15) is 19.2 Å². The van der Waals surface area contributed by atoms with Crippen LogP contribution in [0.15, 0.2) is 48.7 Å². The summed E-state index contributed by atoms with van der Waals surface area (Å²) in [7, 11) is 1.47. The van der Waals surface area contributed by atoms with E-state index >= 15 is 0 Å². The molecule has 4 atom stereocenters. The molecule has 2 aliphatic heterocycles. The topological polar surface area (TPSA) is 175 Å². The van der Waals surface area contributed by atoms with E-state index in [0.717, 1.165) is 52.1 Å². The Kier molecular flexibility index (Phi) is 12.0. The van der Waals surface area contributed by atoms with Gasteiger partial charge in [-0.1, -0.05) is 51.8 Å². The molecule has 14 nitrogen and oxygen atoms in total. The maximum Gasteiger partial charge on any atom is 0.407 e. The molecular formula is C41H52N8O6S. The molecule has 2 fully saturated rings. The fraction of sp³-hybridized carbons (Fsp3) is 0.463. The van der Waals surface area contributed by atoms with Gasteiger partial charge in [0.2, 0.25) is 11.8 Å². The molecule has 4 aromatic rings. The highest BCUT2D eigenvalue weighted by molar-refractivity contribution is 8.32. The van der Waals surface area contributed by atoms with Gasteiger partial charge in [0, 0.05) is 17.9 Å². The van der Waals surface area contributed by atoms with Gasteiger partial charge in [-0.05, 0) is 78.5 Å². The van der Waals surface area contributed by atoms with Gasteiger partial charge in [-0.3, -0.25) is 9.59 Å². The van der Waals surface area contributed by atoms with Gasteiger partial charge in [0.15, 0.2) is 0 Å². The second kappa shape index (κ2) is 16.7. The van der Waals surface area contributed by atoms with Gasteiger partial charge in [-0.15, -0.1) is 0 Å². The number of ether oxygens (including phenoxy) is 2. The van der Waals surface area contributed by atoms with E-state index in [4.69, 9.17) is 14.5 Å². The van der Waals surface area contributed by atoms with E-state index in [1.54, 1.807) is 6.20 Å². The maximum absolute atomic E-state index is 13.8. The molecule has 0 saturated carbocycles. The zero-order valence-corrected chi connectivity index (χ0v) is 34.1. The van der Waals surface area contributed by atoms with Crippen LogP contribution in [-0.4, -0.2) is 111 Å². The van der Waals surface area contributed by atoms with Crippen molar-refractivity contribution in [3.05, 3.63) is 71.6 Å². The lowest BCUT2D eigenvalue weighted by molar-refractivity contribution is -0.136. The lowest BCUT2D eigenvalue weighted by atomic mass is 10.0. The number of nitrogens with zero attached hydrogens (tertiary/aromatic N) is 4. The number of carbonyl (C=O) groups is 4. The summed E-state index contributed by atoms with van der Waals surface area (Å²) in [5.74, 6) is 8.69. The van der Waals surface area contributed by atoms with Crippen LogP contribution in [0.3, 0.4) is 0 Å². The Labute approximate surface area is 329 Å². The summed E-state index contributed by atoms with van der Waals surface area (Å²) in [4.78, 5) is 71.3. The van der Waals surface area contributed by atoms with Crippen molar-refractivity contribution < 1.29 is 28.7 Å². The zero-order valence-electron chi connectivity index (χ0n) is 33.3. The largest absolute Gasteiger partial charge is 0.453 e. The molecule has 0 aliphatic carbocycles. The molecule has 298 valence electrons. The number of fused-ring (bicyclic) bond motifs is 1. The van der Waals surface area contributed by atoms with Crippen molar-refractivity contribution in [3.8, 4) is 23.0 Å². The Balaban J connectivity index is 1.14. The summed E-state index contributed by atoms with van der Waals surface area (Å²) in [6, 6.07) is 12.2. The molecule has 0 radical (unpaired) electrons. The number of hydrogen-bond acceptors (Lipinski definition) is 8. The molecule has 2 saturated heterocycles. The average molecular weight is 785 g/mol. The minimum Gasteiger partial charge on any atom is -0.453 e. The third-order valence-corrected chi connectivity index (χ3v) is 12.6. The van der Waals surface area contributed by atoms with Gasteiger partial charge >= 0.3 is 12.2 Å². The van der Waals surface area contributed by atoms with Crippen molar-refractivity contribution in [1.29, 1.82) is 0 Å². The molecule has 15 heteroatoms. The molecule has 2 aromatic heterocycles. The van der Waals surface area contributed by atoms with Crippen molar-refractivity contribution in [2.45, 2.75) is 64.7 Å². The number of likely N-dealkylation sites (tertiary alicyclic amines) is 1. The molecule has 2 aliphatic rings. The van der Waals surface area contributed by atoms with Gasteiger partial charge in [0.1, 0.15) is 29.4 Å². The number of alkyl carbamates (subject to hydrolysis) is 2. The molecule has 0 unspecified atom stereocenters. The first-order valence-corrected chi connectivity index (χ1v) is 21.6. The number of H-pyrrole nitrogens is 2. The maximum atomic E-state index is 13.8. The van der Waals surface area contributed by atoms with Crippen LogP contribution in [0.25, 0.3) is 22.2 Å². The molecule has 0 bridgehead atoms. The molecule has 6 rings (SSSR count). The Morgan fingerprint density at radius 1 is 0.821 bits per heavy atom. The minimum absolute atomic E-state index is 0.111. The number of aromatic nitrogens is 4. The van der Waals surface area contributed by atoms with Crippen molar-refractivity contribution in [1.82, 2.24) is 40.4 Å².